The van der Waals surface area contributed by atoms with Crippen molar-refractivity contribution < 1.29 is 19.1 Å². The molecule has 0 aromatic heterocycles. The maximum absolute atomic E-state index is 11.6. The number of ether oxygens (including phenoxy) is 1. The molecule has 1 N–H and O–H groups in total. The van der Waals surface area contributed by atoms with Gasteiger partial charge in [-0.3, -0.25) is 4.79 Å². The van der Waals surface area contributed by atoms with Crippen molar-refractivity contribution in [3.05, 3.63) is 0 Å². The highest BCUT2D eigenvalue weighted by molar-refractivity contribution is 6.74. The number of carbonyl (C=O) groups is 1. The molecule has 1 fully saturated rings. The van der Waals surface area contributed by atoms with E-state index in [0.29, 0.717) is 0 Å². The van der Waals surface area contributed by atoms with E-state index < -0.39 is 32.1 Å². The molecule has 1 saturated heterocycles. The Morgan fingerprint density at radius 3 is 2.12 bits per heavy atom. The second-order valence-electron chi connectivity index (χ2n) is 6.82. The van der Waals surface area contributed by atoms with E-state index in [4.69, 9.17) is 9.16 Å². The van der Waals surface area contributed by atoms with Gasteiger partial charge in [-0.15, -0.1) is 0 Å². The summed E-state index contributed by atoms with van der Waals surface area (Å²) in [6.45, 7) is 14.1. The van der Waals surface area contributed by atoms with E-state index in [-0.39, 0.29) is 5.04 Å². The highest BCUT2D eigenvalue weighted by Crippen LogP contribution is 2.43. The van der Waals surface area contributed by atoms with Gasteiger partial charge >= 0.3 is 5.97 Å². The van der Waals surface area contributed by atoms with Crippen LogP contribution in [-0.2, 0) is 14.0 Å². The van der Waals surface area contributed by atoms with Crippen LogP contribution in [0.25, 0.3) is 0 Å². The molecule has 100 valence electrons. The summed E-state index contributed by atoms with van der Waals surface area (Å²) in [6.07, 6.45) is -1.72. The number of aliphatic hydroxyl groups excluding tert-OH is 1. The van der Waals surface area contributed by atoms with Crippen molar-refractivity contribution in [2.75, 3.05) is 0 Å². The Kier molecular flexibility index (Phi) is 3.51. The molecule has 0 bridgehead atoms. The molecule has 5 heteroatoms. The maximum Gasteiger partial charge on any atom is 0.316 e. The first-order valence-corrected chi connectivity index (χ1v) is 8.87. The minimum absolute atomic E-state index is 0.0361. The molecular weight excluding hydrogens is 236 g/mol. The fourth-order valence-corrected chi connectivity index (χ4v) is 2.90. The van der Waals surface area contributed by atoms with Gasteiger partial charge in [0.15, 0.2) is 8.32 Å². The Balaban J connectivity index is 2.92. The lowest BCUT2D eigenvalue weighted by Crippen LogP contribution is -2.50. The highest BCUT2D eigenvalue weighted by Gasteiger charge is 2.54. The monoisotopic (exact) mass is 260 g/mol. The molecule has 1 aliphatic heterocycles. The zero-order valence-electron chi connectivity index (χ0n) is 11.8. The fraction of sp³-hybridized carbons (Fsp3) is 0.917. The van der Waals surface area contributed by atoms with Gasteiger partial charge in [0, 0.05) is 0 Å². The van der Waals surface area contributed by atoms with E-state index in [1.54, 1.807) is 13.8 Å². The Hall–Kier alpha value is -0.393. The summed E-state index contributed by atoms with van der Waals surface area (Å²) in [4.78, 5) is 11.6. The van der Waals surface area contributed by atoms with E-state index in [9.17, 15) is 9.90 Å². The summed E-state index contributed by atoms with van der Waals surface area (Å²) < 4.78 is 11.0. The number of carbonyl (C=O) groups excluding carboxylic acids is 1. The summed E-state index contributed by atoms with van der Waals surface area (Å²) in [5, 5.41) is 9.81. The topological polar surface area (TPSA) is 55.8 Å². The average Bonchev–Trinajstić information content (AvgIpc) is 2.27. The molecular formula is C12H24O4Si. The average molecular weight is 260 g/mol. The van der Waals surface area contributed by atoms with Gasteiger partial charge < -0.3 is 14.3 Å². The van der Waals surface area contributed by atoms with Gasteiger partial charge in [0.05, 0.1) is 5.41 Å². The van der Waals surface area contributed by atoms with Crippen molar-refractivity contribution in [3.8, 4) is 0 Å². The van der Waals surface area contributed by atoms with Crippen LogP contribution in [0.1, 0.15) is 34.6 Å². The van der Waals surface area contributed by atoms with Crippen LogP contribution >= 0.6 is 0 Å². The Labute approximate surface area is 104 Å². The lowest BCUT2D eigenvalue weighted by Gasteiger charge is -2.40. The maximum atomic E-state index is 11.6. The van der Waals surface area contributed by atoms with Crippen LogP contribution in [0.5, 0.6) is 0 Å². The second-order valence-corrected chi connectivity index (χ2v) is 11.6. The number of hydrogen-bond acceptors (Lipinski definition) is 4. The van der Waals surface area contributed by atoms with Gasteiger partial charge in [0.25, 0.3) is 0 Å². The van der Waals surface area contributed by atoms with E-state index in [1.807, 2.05) is 0 Å². The predicted octanol–water partition coefficient (Wildman–Crippen LogP) is 2.28. The predicted molar refractivity (Wildman–Crippen MR) is 67.9 cm³/mol. The smallest absolute Gasteiger partial charge is 0.316 e. The van der Waals surface area contributed by atoms with Crippen LogP contribution < -0.4 is 0 Å². The normalized spacial score (nSPS) is 29.3. The van der Waals surface area contributed by atoms with Gasteiger partial charge in [-0.05, 0) is 32.0 Å². The van der Waals surface area contributed by atoms with Crippen LogP contribution in [0.2, 0.25) is 18.1 Å². The van der Waals surface area contributed by atoms with E-state index in [2.05, 4.69) is 33.9 Å². The zero-order valence-corrected chi connectivity index (χ0v) is 12.8. The van der Waals surface area contributed by atoms with Crippen molar-refractivity contribution in [2.45, 2.75) is 65.1 Å². The number of hydrogen-bond donors (Lipinski definition) is 1. The number of rotatable bonds is 2. The summed E-state index contributed by atoms with van der Waals surface area (Å²) in [5.74, 6) is -0.395. The molecule has 0 saturated carbocycles. The molecule has 4 nitrogen and oxygen atoms in total. The number of esters is 1. The third-order valence-electron chi connectivity index (χ3n) is 3.95. The molecule has 0 aromatic rings. The zero-order chi connectivity index (χ0) is 13.6. The molecule has 0 aromatic carbocycles. The SMILES string of the molecule is CC1(C)C(=O)OC(O)[C@@H]1O[Si](C)(C)C(C)(C)C. The van der Waals surface area contributed by atoms with E-state index in [1.165, 1.54) is 0 Å². The Morgan fingerprint density at radius 2 is 1.82 bits per heavy atom. The molecule has 0 aliphatic carbocycles. The first-order valence-electron chi connectivity index (χ1n) is 5.96. The van der Waals surface area contributed by atoms with Gasteiger partial charge in [-0.2, -0.15) is 0 Å². The lowest BCUT2D eigenvalue weighted by atomic mass is 9.89. The minimum Gasteiger partial charge on any atom is -0.433 e. The molecule has 0 amide bonds. The third-order valence-corrected chi connectivity index (χ3v) is 8.41. The molecule has 1 unspecified atom stereocenters. The van der Waals surface area contributed by atoms with Crippen LogP contribution in [0.15, 0.2) is 0 Å². The first kappa shape index (κ1) is 14.7. The molecule has 0 spiro atoms. The summed E-state index contributed by atoms with van der Waals surface area (Å²) in [5.41, 5.74) is -0.783. The van der Waals surface area contributed by atoms with Crippen molar-refractivity contribution in [2.24, 2.45) is 5.41 Å². The summed E-state index contributed by atoms with van der Waals surface area (Å²) >= 11 is 0. The molecule has 1 aliphatic rings. The van der Waals surface area contributed by atoms with Crippen molar-refractivity contribution in [1.82, 2.24) is 0 Å². The highest BCUT2D eigenvalue weighted by atomic mass is 28.4. The third kappa shape index (κ3) is 2.56. The number of cyclic esters (lactones) is 1. The molecule has 1 heterocycles. The first-order chi connectivity index (χ1) is 7.39. The Bertz CT molecular complexity index is 317. The molecule has 0 radical (unpaired) electrons. The van der Waals surface area contributed by atoms with Crippen LogP contribution in [-0.4, -0.2) is 31.8 Å². The van der Waals surface area contributed by atoms with Crippen molar-refractivity contribution >= 4 is 14.3 Å². The summed E-state index contributed by atoms with van der Waals surface area (Å²) in [7, 11) is -2.02. The molecule has 1 rings (SSSR count). The van der Waals surface area contributed by atoms with Crippen molar-refractivity contribution in [3.63, 3.8) is 0 Å². The van der Waals surface area contributed by atoms with E-state index in [0.717, 1.165) is 0 Å². The van der Waals surface area contributed by atoms with Gasteiger partial charge in [-0.1, -0.05) is 20.8 Å². The largest absolute Gasteiger partial charge is 0.433 e. The minimum atomic E-state index is -2.02. The molecule has 17 heavy (non-hydrogen) atoms. The van der Waals surface area contributed by atoms with E-state index >= 15 is 0 Å². The quantitative estimate of drug-likeness (QED) is 0.611. The second kappa shape index (κ2) is 4.07. The Morgan fingerprint density at radius 1 is 1.35 bits per heavy atom. The van der Waals surface area contributed by atoms with Gasteiger partial charge in [0.1, 0.15) is 6.10 Å². The number of aliphatic hydroxyl groups is 1. The summed E-state index contributed by atoms with van der Waals surface area (Å²) in [6, 6.07) is 0. The van der Waals surface area contributed by atoms with Crippen LogP contribution in [0.4, 0.5) is 0 Å². The van der Waals surface area contributed by atoms with Crippen molar-refractivity contribution in [1.29, 1.82) is 0 Å². The fourth-order valence-electron chi connectivity index (χ4n) is 1.50. The lowest BCUT2D eigenvalue weighted by molar-refractivity contribution is -0.159. The van der Waals surface area contributed by atoms with Crippen LogP contribution in [0, 0.1) is 5.41 Å². The van der Waals surface area contributed by atoms with Crippen LogP contribution in [0.3, 0.4) is 0 Å². The standard InChI is InChI=1S/C12H24O4Si/c1-11(2,3)17(6,7)16-8-9(13)15-10(14)12(8,4)5/h8-9,13H,1-7H3/t8-,9?/m0/s1. The molecule has 2 atom stereocenters. The van der Waals surface area contributed by atoms with Gasteiger partial charge in [0.2, 0.25) is 6.29 Å². The van der Waals surface area contributed by atoms with Gasteiger partial charge in [-0.25, -0.2) is 0 Å².